The number of carbonyl (C=O) groups excluding carboxylic acids is 1. The molecule has 1 amide bonds. The van der Waals surface area contributed by atoms with Crippen LogP contribution in [0, 0.1) is 0 Å². The highest BCUT2D eigenvalue weighted by Crippen LogP contribution is 2.46. The van der Waals surface area contributed by atoms with Gasteiger partial charge in [0.05, 0.1) is 24.8 Å². The van der Waals surface area contributed by atoms with E-state index in [9.17, 15) is 13.2 Å². The van der Waals surface area contributed by atoms with Gasteiger partial charge in [-0.1, -0.05) is 0 Å². The Kier molecular flexibility index (Phi) is 4.92. The number of anilines is 2. The topological polar surface area (TPSA) is 152 Å². The van der Waals surface area contributed by atoms with Crippen molar-refractivity contribution in [2.75, 3.05) is 36.3 Å². The first-order valence-corrected chi connectivity index (χ1v) is 11.6. The van der Waals surface area contributed by atoms with Crippen molar-refractivity contribution in [3.8, 4) is 5.75 Å². The lowest BCUT2D eigenvalue weighted by atomic mass is 9.95. The number of hydrogen-bond donors (Lipinski definition) is 2. The summed E-state index contributed by atoms with van der Waals surface area (Å²) in [7, 11) is -3.61. The fraction of sp³-hybridized carbons (Fsp3) is 0.611. The van der Waals surface area contributed by atoms with Gasteiger partial charge in [-0.2, -0.15) is 10.1 Å². The minimum Gasteiger partial charge on any atom is -0.485 e. The molecular formula is C18H25N7O5S. The number of hydrogen-bond acceptors (Lipinski definition) is 10. The quantitative estimate of drug-likeness (QED) is 0.672. The van der Waals surface area contributed by atoms with E-state index in [1.54, 1.807) is 0 Å². The van der Waals surface area contributed by atoms with Gasteiger partial charge in [0.2, 0.25) is 11.8 Å². The third kappa shape index (κ3) is 3.51. The zero-order chi connectivity index (χ0) is 22.6. The molecular weight excluding hydrogens is 426 g/mol. The maximum atomic E-state index is 12.9. The van der Waals surface area contributed by atoms with Crippen molar-refractivity contribution in [2.24, 2.45) is 0 Å². The van der Waals surface area contributed by atoms with E-state index in [4.69, 9.17) is 9.47 Å². The lowest BCUT2D eigenvalue weighted by Gasteiger charge is -2.51. The molecule has 1 fully saturated rings. The minimum absolute atomic E-state index is 0.0734. The number of sulfone groups is 1. The Morgan fingerprint density at radius 3 is 2.74 bits per heavy atom. The molecule has 2 atom stereocenters. The second-order valence-electron chi connectivity index (χ2n) is 8.64. The summed E-state index contributed by atoms with van der Waals surface area (Å²) in [6, 6.07) is -0.0734. The molecule has 0 unspecified atom stereocenters. The molecule has 2 N–H and O–H groups in total. The summed E-state index contributed by atoms with van der Waals surface area (Å²) in [6.45, 7) is 8.15. The predicted molar refractivity (Wildman–Crippen MR) is 111 cm³/mol. The van der Waals surface area contributed by atoms with Crippen molar-refractivity contribution in [3.63, 3.8) is 0 Å². The first-order valence-electron chi connectivity index (χ1n) is 9.73. The van der Waals surface area contributed by atoms with E-state index >= 15 is 0 Å². The lowest BCUT2D eigenvalue weighted by molar-refractivity contribution is 0.00696. The molecule has 0 radical (unpaired) electrons. The van der Waals surface area contributed by atoms with Crippen LogP contribution < -0.4 is 15.0 Å². The SMILES string of the molecule is C[C@@H]1COC[C@@]2(C)COc3c(nc(C(=O)Nc4ncn[nH]4)nc3C(C)(C)S(C)(=O)=O)N12. The number of nitrogens with one attached hydrogen (secondary N) is 2. The molecule has 2 aromatic heterocycles. The van der Waals surface area contributed by atoms with Crippen LogP contribution in [0.5, 0.6) is 5.75 Å². The van der Waals surface area contributed by atoms with Gasteiger partial charge in [-0.15, -0.1) is 0 Å². The van der Waals surface area contributed by atoms with E-state index in [1.807, 2.05) is 18.7 Å². The first-order chi connectivity index (χ1) is 14.4. The number of carbonyl (C=O) groups is 1. The van der Waals surface area contributed by atoms with E-state index < -0.39 is 26.0 Å². The molecule has 4 heterocycles. The molecule has 0 bridgehead atoms. The molecule has 168 valence electrons. The molecule has 31 heavy (non-hydrogen) atoms. The highest BCUT2D eigenvalue weighted by atomic mass is 32.2. The molecule has 2 aliphatic heterocycles. The Labute approximate surface area is 179 Å². The van der Waals surface area contributed by atoms with Gasteiger partial charge in [0, 0.05) is 6.26 Å². The van der Waals surface area contributed by atoms with Gasteiger partial charge in [-0.3, -0.25) is 10.1 Å². The summed E-state index contributed by atoms with van der Waals surface area (Å²) in [5.74, 6) is -0.102. The van der Waals surface area contributed by atoms with Crippen LogP contribution in [-0.2, 0) is 19.3 Å². The number of aromatic nitrogens is 5. The van der Waals surface area contributed by atoms with E-state index in [0.717, 1.165) is 6.26 Å². The number of nitrogens with zero attached hydrogens (tertiary/aromatic N) is 5. The van der Waals surface area contributed by atoms with Crippen LogP contribution in [0.3, 0.4) is 0 Å². The predicted octanol–water partition coefficient (Wildman–Crippen LogP) is 0.503. The summed E-state index contributed by atoms with van der Waals surface area (Å²) in [4.78, 5) is 27.6. The summed E-state index contributed by atoms with van der Waals surface area (Å²) < 4.78 is 35.5. The fourth-order valence-corrected chi connectivity index (χ4v) is 4.27. The molecule has 1 saturated heterocycles. The Morgan fingerprint density at radius 2 is 2.10 bits per heavy atom. The number of H-pyrrole nitrogens is 1. The molecule has 4 rings (SSSR count). The maximum absolute atomic E-state index is 12.9. The van der Waals surface area contributed by atoms with Crippen molar-refractivity contribution in [2.45, 2.75) is 44.0 Å². The Balaban J connectivity index is 1.91. The lowest BCUT2D eigenvalue weighted by Crippen LogP contribution is -2.64. The molecule has 2 aliphatic rings. The third-order valence-electron chi connectivity index (χ3n) is 5.75. The van der Waals surface area contributed by atoms with Crippen LogP contribution in [0.25, 0.3) is 0 Å². The van der Waals surface area contributed by atoms with Gasteiger partial charge in [0.15, 0.2) is 21.4 Å². The highest BCUT2D eigenvalue weighted by molar-refractivity contribution is 7.91. The van der Waals surface area contributed by atoms with E-state index in [0.29, 0.717) is 19.0 Å². The van der Waals surface area contributed by atoms with Crippen molar-refractivity contribution in [1.82, 2.24) is 25.1 Å². The van der Waals surface area contributed by atoms with Gasteiger partial charge >= 0.3 is 0 Å². The molecule has 13 heteroatoms. The van der Waals surface area contributed by atoms with Gasteiger partial charge < -0.3 is 14.4 Å². The van der Waals surface area contributed by atoms with Gasteiger partial charge in [0.1, 0.15) is 23.4 Å². The average molecular weight is 452 g/mol. The monoisotopic (exact) mass is 451 g/mol. The van der Waals surface area contributed by atoms with Crippen molar-refractivity contribution in [3.05, 3.63) is 17.8 Å². The summed E-state index contributed by atoms with van der Waals surface area (Å²) >= 11 is 0. The molecule has 2 aromatic rings. The van der Waals surface area contributed by atoms with E-state index in [-0.39, 0.29) is 35.9 Å². The van der Waals surface area contributed by atoms with E-state index in [1.165, 1.54) is 20.2 Å². The Hall–Kier alpha value is -2.80. The molecule has 0 aliphatic carbocycles. The number of aromatic amines is 1. The van der Waals surface area contributed by atoms with Crippen LogP contribution in [0.4, 0.5) is 11.8 Å². The fourth-order valence-electron chi connectivity index (χ4n) is 3.78. The third-order valence-corrected chi connectivity index (χ3v) is 7.79. The Bertz CT molecular complexity index is 1120. The molecule has 0 spiro atoms. The van der Waals surface area contributed by atoms with Crippen molar-refractivity contribution >= 4 is 27.5 Å². The average Bonchev–Trinajstić information content (AvgIpc) is 3.18. The Morgan fingerprint density at radius 1 is 1.35 bits per heavy atom. The smallest absolute Gasteiger partial charge is 0.295 e. The number of rotatable bonds is 4. The normalized spacial score (nSPS) is 23.5. The second-order valence-corrected chi connectivity index (χ2v) is 11.2. The summed E-state index contributed by atoms with van der Waals surface area (Å²) in [6.07, 6.45) is 2.37. The number of ether oxygens (including phenoxy) is 2. The van der Waals surface area contributed by atoms with Crippen molar-refractivity contribution in [1.29, 1.82) is 0 Å². The largest absolute Gasteiger partial charge is 0.485 e. The van der Waals surface area contributed by atoms with Gasteiger partial charge in [0.25, 0.3) is 5.91 Å². The zero-order valence-electron chi connectivity index (χ0n) is 18.0. The van der Waals surface area contributed by atoms with E-state index in [2.05, 4.69) is 30.5 Å². The van der Waals surface area contributed by atoms with Gasteiger partial charge in [-0.05, 0) is 27.7 Å². The minimum atomic E-state index is -3.61. The van der Waals surface area contributed by atoms with Crippen LogP contribution in [0.15, 0.2) is 6.33 Å². The summed E-state index contributed by atoms with van der Waals surface area (Å²) in [5.41, 5.74) is -0.395. The number of amides is 1. The van der Waals surface area contributed by atoms with Crippen LogP contribution >= 0.6 is 0 Å². The number of morpholine rings is 1. The van der Waals surface area contributed by atoms with Gasteiger partial charge in [-0.25, -0.2) is 23.5 Å². The number of fused-ring (bicyclic) bond motifs is 3. The first kappa shape index (κ1) is 21.4. The highest BCUT2D eigenvalue weighted by Gasteiger charge is 2.49. The summed E-state index contributed by atoms with van der Waals surface area (Å²) in [5, 5.41) is 8.75. The van der Waals surface area contributed by atoms with Crippen LogP contribution in [0.2, 0.25) is 0 Å². The van der Waals surface area contributed by atoms with Crippen LogP contribution in [-0.4, -0.2) is 77.1 Å². The van der Waals surface area contributed by atoms with Crippen LogP contribution in [0.1, 0.15) is 44.0 Å². The molecule has 0 aromatic carbocycles. The maximum Gasteiger partial charge on any atom is 0.295 e. The standard InChI is InChI=1S/C18H25N7O5S/c1-10-6-29-7-18(4)8-30-11-12(17(2,3)31(5,27)28)21-13(22-14(11)25(10)18)15(26)23-16-19-9-20-24-16/h9-10H,6-8H2,1-5H3,(H2,19,20,23,24,26)/t10-,18+/m1/s1. The zero-order valence-corrected chi connectivity index (χ0v) is 18.8. The van der Waals surface area contributed by atoms with Crippen molar-refractivity contribution < 1.29 is 22.7 Å². The second kappa shape index (κ2) is 7.12. The molecule has 12 nitrogen and oxygen atoms in total. The molecule has 0 saturated carbocycles.